The molecular formula is C12H11N7S. The van der Waals surface area contributed by atoms with Crippen LogP contribution in [-0.4, -0.2) is 30.2 Å². The highest BCUT2D eigenvalue weighted by atomic mass is 32.2. The van der Waals surface area contributed by atoms with E-state index in [2.05, 4.69) is 25.5 Å². The molecule has 0 amide bonds. The second kappa shape index (κ2) is 5.76. The van der Waals surface area contributed by atoms with E-state index in [1.165, 1.54) is 11.8 Å². The lowest BCUT2D eigenvalue weighted by Crippen LogP contribution is -2.02. The summed E-state index contributed by atoms with van der Waals surface area (Å²) in [6.45, 7) is 0.375. The van der Waals surface area contributed by atoms with Gasteiger partial charge in [-0.1, -0.05) is 18.2 Å². The summed E-state index contributed by atoms with van der Waals surface area (Å²) in [5, 5.41) is 12.8. The maximum atomic E-state index is 5.57. The molecule has 0 aliphatic heterocycles. The van der Waals surface area contributed by atoms with Crippen LogP contribution in [0.4, 0.5) is 0 Å². The smallest absolute Gasteiger partial charge is 0.221 e. The van der Waals surface area contributed by atoms with Gasteiger partial charge in [0.15, 0.2) is 5.16 Å². The van der Waals surface area contributed by atoms with E-state index < -0.39 is 0 Å². The van der Waals surface area contributed by atoms with Crippen LogP contribution in [0.3, 0.4) is 0 Å². The minimum absolute atomic E-state index is 0.375. The Bertz CT molecular complexity index is 698. The first-order chi connectivity index (χ1) is 9.86. The third kappa shape index (κ3) is 2.65. The van der Waals surface area contributed by atoms with Crippen molar-refractivity contribution in [3.05, 3.63) is 48.3 Å². The number of rotatable bonds is 4. The molecule has 100 valence electrons. The quantitative estimate of drug-likeness (QED) is 0.716. The molecule has 0 fully saturated rings. The second-order valence-corrected chi connectivity index (χ2v) is 4.78. The number of hydrogen-bond donors (Lipinski definition) is 1. The van der Waals surface area contributed by atoms with Crippen LogP contribution >= 0.6 is 11.8 Å². The van der Waals surface area contributed by atoms with Gasteiger partial charge in [0.05, 0.1) is 11.4 Å². The van der Waals surface area contributed by atoms with Gasteiger partial charge in [-0.2, -0.15) is 4.68 Å². The van der Waals surface area contributed by atoms with Gasteiger partial charge in [0.1, 0.15) is 0 Å². The molecule has 0 aliphatic rings. The van der Waals surface area contributed by atoms with E-state index in [4.69, 9.17) is 5.73 Å². The zero-order valence-electron chi connectivity index (χ0n) is 10.4. The highest BCUT2D eigenvalue weighted by Crippen LogP contribution is 2.23. The molecule has 3 rings (SSSR count). The Kier molecular flexibility index (Phi) is 3.66. The molecule has 0 radical (unpaired) electrons. The van der Waals surface area contributed by atoms with Crippen molar-refractivity contribution in [3.63, 3.8) is 0 Å². The van der Waals surface area contributed by atoms with Gasteiger partial charge in [-0.3, -0.25) is 0 Å². The summed E-state index contributed by atoms with van der Waals surface area (Å²) in [5.74, 6) is 0. The molecule has 0 spiro atoms. The van der Waals surface area contributed by atoms with Crippen molar-refractivity contribution < 1.29 is 0 Å². The lowest BCUT2D eigenvalue weighted by Gasteiger charge is -2.03. The number of para-hydroxylation sites is 1. The van der Waals surface area contributed by atoms with E-state index in [-0.39, 0.29) is 0 Å². The largest absolute Gasteiger partial charge is 0.325 e. The predicted octanol–water partition coefficient (Wildman–Crippen LogP) is 1.06. The first kappa shape index (κ1) is 12.7. The molecule has 3 aromatic rings. The van der Waals surface area contributed by atoms with E-state index in [1.54, 1.807) is 16.9 Å². The average molecular weight is 285 g/mol. The Labute approximate surface area is 119 Å². The number of aromatic nitrogens is 6. The Hall–Kier alpha value is -2.32. The maximum Gasteiger partial charge on any atom is 0.221 e. The molecule has 7 nitrogen and oxygen atoms in total. The molecule has 0 saturated carbocycles. The topological polar surface area (TPSA) is 95.4 Å². The predicted molar refractivity (Wildman–Crippen MR) is 73.2 cm³/mol. The van der Waals surface area contributed by atoms with Crippen LogP contribution in [0, 0.1) is 0 Å². The number of benzene rings is 1. The molecule has 2 heterocycles. The van der Waals surface area contributed by atoms with Gasteiger partial charge in [-0.05, 0) is 40.4 Å². The minimum atomic E-state index is 0.375. The van der Waals surface area contributed by atoms with E-state index >= 15 is 0 Å². The van der Waals surface area contributed by atoms with Crippen LogP contribution in [0.25, 0.3) is 5.69 Å². The molecule has 0 bridgehead atoms. The van der Waals surface area contributed by atoms with Gasteiger partial charge in [0, 0.05) is 12.7 Å². The molecule has 2 N–H and O–H groups in total. The van der Waals surface area contributed by atoms with Crippen molar-refractivity contribution in [1.82, 2.24) is 30.2 Å². The number of hydrogen-bond acceptors (Lipinski definition) is 7. The summed E-state index contributed by atoms with van der Waals surface area (Å²) < 4.78 is 1.64. The van der Waals surface area contributed by atoms with Gasteiger partial charge >= 0.3 is 0 Å². The van der Waals surface area contributed by atoms with Gasteiger partial charge in [0.25, 0.3) is 0 Å². The van der Waals surface area contributed by atoms with Gasteiger partial charge in [-0.15, -0.1) is 5.10 Å². The number of nitrogens with zero attached hydrogens (tertiary/aromatic N) is 6. The minimum Gasteiger partial charge on any atom is -0.325 e. The summed E-state index contributed by atoms with van der Waals surface area (Å²) in [7, 11) is 0. The fourth-order valence-corrected chi connectivity index (χ4v) is 2.34. The van der Waals surface area contributed by atoms with Crippen LogP contribution in [0.15, 0.2) is 52.9 Å². The Morgan fingerprint density at radius 3 is 2.80 bits per heavy atom. The van der Waals surface area contributed by atoms with E-state index in [0.717, 1.165) is 11.4 Å². The van der Waals surface area contributed by atoms with E-state index in [0.29, 0.717) is 16.9 Å². The molecule has 0 atom stereocenters. The van der Waals surface area contributed by atoms with Gasteiger partial charge in [-0.25, -0.2) is 9.97 Å². The van der Waals surface area contributed by atoms with Crippen molar-refractivity contribution in [2.45, 2.75) is 16.9 Å². The van der Waals surface area contributed by atoms with Crippen LogP contribution in [-0.2, 0) is 6.54 Å². The molecule has 0 aliphatic carbocycles. The Morgan fingerprint density at radius 2 is 2.00 bits per heavy atom. The van der Waals surface area contributed by atoms with Gasteiger partial charge < -0.3 is 5.73 Å². The summed E-state index contributed by atoms with van der Waals surface area (Å²) in [4.78, 5) is 8.50. The molecule has 1 aromatic carbocycles. The highest BCUT2D eigenvalue weighted by Gasteiger charge is 2.11. The second-order valence-electron chi connectivity index (χ2n) is 3.85. The van der Waals surface area contributed by atoms with Crippen LogP contribution < -0.4 is 5.73 Å². The first-order valence-electron chi connectivity index (χ1n) is 5.90. The van der Waals surface area contributed by atoms with E-state index in [1.807, 2.05) is 30.3 Å². The normalized spacial score (nSPS) is 10.7. The summed E-state index contributed by atoms with van der Waals surface area (Å²) in [5.41, 5.74) is 7.23. The number of nitrogens with two attached hydrogens (primary N) is 1. The van der Waals surface area contributed by atoms with Gasteiger partial charge in [0.2, 0.25) is 5.16 Å². The lowest BCUT2D eigenvalue weighted by molar-refractivity contribution is 0.754. The Morgan fingerprint density at radius 1 is 1.15 bits per heavy atom. The van der Waals surface area contributed by atoms with Crippen LogP contribution in [0.5, 0.6) is 0 Å². The SMILES string of the molecule is NCc1ccnc(Sc2nnnn2-c2ccccc2)n1. The lowest BCUT2D eigenvalue weighted by atomic mass is 10.3. The highest BCUT2D eigenvalue weighted by molar-refractivity contribution is 7.99. The third-order valence-electron chi connectivity index (χ3n) is 2.52. The zero-order chi connectivity index (χ0) is 13.8. The average Bonchev–Trinajstić information content (AvgIpc) is 2.96. The molecule has 0 unspecified atom stereocenters. The third-order valence-corrected chi connectivity index (χ3v) is 3.34. The standard InChI is InChI=1S/C12H11N7S/c13-8-9-6-7-14-11(15-9)20-12-16-17-18-19(12)10-4-2-1-3-5-10/h1-7H,8,13H2. The van der Waals surface area contributed by atoms with E-state index in [9.17, 15) is 0 Å². The van der Waals surface area contributed by atoms with Crippen LogP contribution in [0.1, 0.15) is 5.69 Å². The summed E-state index contributed by atoms with van der Waals surface area (Å²) >= 11 is 1.29. The van der Waals surface area contributed by atoms with Crippen LogP contribution in [0.2, 0.25) is 0 Å². The summed E-state index contributed by atoms with van der Waals surface area (Å²) in [6, 6.07) is 11.4. The van der Waals surface area contributed by atoms with Crippen molar-refractivity contribution in [3.8, 4) is 5.69 Å². The zero-order valence-corrected chi connectivity index (χ0v) is 11.2. The fourth-order valence-electron chi connectivity index (χ4n) is 1.59. The molecule has 20 heavy (non-hydrogen) atoms. The maximum absolute atomic E-state index is 5.57. The molecule has 2 aromatic heterocycles. The van der Waals surface area contributed by atoms with Crippen molar-refractivity contribution in [2.24, 2.45) is 5.73 Å². The molecule has 8 heteroatoms. The monoisotopic (exact) mass is 285 g/mol. The van der Waals surface area contributed by atoms with Crippen molar-refractivity contribution >= 4 is 11.8 Å². The fraction of sp³-hybridized carbons (Fsp3) is 0.0833. The number of tetrazole rings is 1. The molecule has 0 saturated heterocycles. The summed E-state index contributed by atoms with van der Waals surface area (Å²) in [6.07, 6.45) is 1.67. The first-order valence-corrected chi connectivity index (χ1v) is 6.72. The Balaban J connectivity index is 1.90. The van der Waals surface area contributed by atoms with Crippen molar-refractivity contribution in [1.29, 1.82) is 0 Å². The molecular weight excluding hydrogens is 274 g/mol. The van der Waals surface area contributed by atoms with Crippen molar-refractivity contribution in [2.75, 3.05) is 0 Å².